The van der Waals surface area contributed by atoms with Gasteiger partial charge in [-0.1, -0.05) is 41.6 Å². The lowest BCUT2D eigenvalue weighted by atomic mass is 10.2. The van der Waals surface area contributed by atoms with E-state index in [1.165, 1.54) is 0 Å². The van der Waals surface area contributed by atoms with Crippen LogP contribution in [-0.4, -0.2) is 26.4 Å². The highest BCUT2D eigenvalue weighted by Gasteiger charge is 2.17. The van der Waals surface area contributed by atoms with Crippen LogP contribution in [0, 0.1) is 0 Å². The molecule has 0 atom stereocenters. The summed E-state index contributed by atoms with van der Waals surface area (Å²) < 4.78 is 7.62. The Bertz CT molecular complexity index is 1080. The fourth-order valence-electron chi connectivity index (χ4n) is 2.90. The van der Waals surface area contributed by atoms with Gasteiger partial charge in [-0.25, -0.2) is 0 Å². The van der Waals surface area contributed by atoms with E-state index in [0.717, 1.165) is 39.3 Å². The first kappa shape index (κ1) is 19.5. The van der Waals surface area contributed by atoms with Crippen LogP contribution in [0.2, 0.25) is 5.02 Å². The molecule has 0 aliphatic heterocycles. The summed E-state index contributed by atoms with van der Waals surface area (Å²) >= 11 is 7.82. The molecule has 2 aromatic carbocycles. The first-order valence-corrected chi connectivity index (χ1v) is 10.6. The fourth-order valence-corrected chi connectivity index (χ4v) is 3.98. The van der Waals surface area contributed by atoms with Crippen LogP contribution in [0.3, 0.4) is 0 Å². The molecule has 146 valence electrons. The van der Waals surface area contributed by atoms with Gasteiger partial charge in [-0.05, 0) is 55.0 Å². The van der Waals surface area contributed by atoms with Crippen molar-refractivity contribution in [3.05, 3.63) is 83.6 Å². The molecule has 0 amide bonds. The SMILES string of the molecule is CCOc1ccc(-n2c(SCc3cccnc3)nnc2-c2cccc(Cl)c2)cc1. The van der Waals surface area contributed by atoms with E-state index in [0.29, 0.717) is 11.6 Å². The van der Waals surface area contributed by atoms with Gasteiger partial charge in [-0.15, -0.1) is 10.2 Å². The van der Waals surface area contributed by atoms with E-state index in [1.54, 1.807) is 18.0 Å². The van der Waals surface area contributed by atoms with Crippen LogP contribution in [0.5, 0.6) is 5.75 Å². The van der Waals surface area contributed by atoms with Crippen LogP contribution in [0.15, 0.2) is 78.2 Å². The summed E-state index contributed by atoms with van der Waals surface area (Å²) in [6, 6.07) is 19.6. The maximum atomic E-state index is 6.21. The first-order valence-electron chi connectivity index (χ1n) is 9.21. The lowest BCUT2D eigenvalue weighted by molar-refractivity contribution is 0.340. The third kappa shape index (κ3) is 4.60. The van der Waals surface area contributed by atoms with E-state index in [2.05, 4.69) is 21.2 Å². The van der Waals surface area contributed by atoms with Crippen LogP contribution in [0.1, 0.15) is 12.5 Å². The Kier molecular flexibility index (Phi) is 6.12. The second-order valence-corrected chi connectivity index (χ2v) is 7.61. The average Bonchev–Trinajstić information content (AvgIpc) is 3.18. The van der Waals surface area contributed by atoms with Gasteiger partial charge in [0, 0.05) is 34.4 Å². The molecule has 0 saturated carbocycles. The topological polar surface area (TPSA) is 52.8 Å². The number of hydrogen-bond acceptors (Lipinski definition) is 5. The summed E-state index contributed by atoms with van der Waals surface area (Å²) in [5.74, 6) is 2.32. The molecule has 0 radical (unpaired) electrons. The lowest BCUT2D eigenvalue weighted by Gasteiger charge is -2.11. The molecule has 4 rings (SSSR count). The third-order valence-corrected chi connectivity index (χ3v) is 5.45. The molecule has 29 heavy (non-hydrogen) atoms. The summed E-state index contributed by atoms with van der Waals surface area (Å²) in [7, 11) is 0. The number of rotatable bonds is 7. The van der Waals surface area contributed by atoms with E-state index in [4.69, 9.17) is 16.3 Å². The van der Waals surface area contributed by atoms with Gasteiger partial charge in [0.25, 0.3) is 0 Å². The van der Waals surface area contributed by atoms with Gasteiger partial charge < -0.3 is 4.74 Å². The predicted molar refractivity (Wildman–Crippen MR) is 117 cm³/mol. The quantitative estimate of drug-likeness (QED) is 0.359. The molecule has 7 heteroatoms. The van der Waals surface area contributed by atoms with Crippen molar-refractivity contribution in [1.82, 2.24) is 19.7 Å². The molecule has 0 spiro atoms. The first-order chi connectivity index (χ1) is 14.2. The van der Waals surface area contributed by atoms with Gasteiger partial charge >= 0.3 is 0 Å². The molecule has 0 aliphatic carbocycles. The summed E-state index contributed by atoms with van der Waals surface area (Å²) in [6.07, 6.45) is 3.64. The van der Waals surface area contributed by atoms with Crippen LogP contribution in [-0.2, 0) is 5.75 Å². The van der Waals surface area contributed by atoms with Gasteiger partial charge in [0.15, 0.2) is 11.0 Å². The Labute approximate surface area is 178 Å². The van der Waals surface area contributed by atoms with Crippen LogP contribution in [0.25, 0.3) is 17.1 Å². The van der Waals surface area contributed by atoms with Crippen molar-refractivity contribution in [2.45, 2.75) is 17.8 Å². The zero-order valence-corrected chi connectivity index (χ0v) is 17.4. The van der Waals surface area contributed by atoms with Gasteiger partial charge in [-0.2, -0.15) is 0 Å². The molecule has 0 fully saturated rings. The van der Waals surface area contributed by atoms with E-state index < -0.39 is 0 Å². The molecule has 0 aliphatic rings. The minimum Gasteiger partial charge on any atom is -0.494 e. The lowest BCUT2D eigenvalue weighted by Crippen LogP contribution is -2.00. The monoisotopic (exact) mass is 422 g/mol. The second kappa shape index (κ2) is 9.11. The molecule has 0 bridgehead atoms. The molecule has 0 N–H and O–H groups in total. The highest BCUT2D eigenvalue weighted by Crippen LogP contribution is 2.31. The van der Waals surface area contributed by atoms with E-state index in [-0.39, 0.29) is 0 Å². The highest BCUT2D eigenvalue weighted by atomic mass is 35.5. The van der Waals surface area contributed by atoms with Gasteiger partial charge in [0.05, 0.1) is 6.61 Å². The number of nitrogens with zero attached hydrogens (tertiary/aromatic N) is 4. The number of hydrogen-bond donors (Lipinski definition) is 0. The smallest absolute Gasteiger partial charge is 0.196 e. The van der Waals surface area contributed by atoms with E-state index in [9.17, 15) is 0 Å². The second-order valence-electron chi connectivity index (χ2n) is 6.23. The predicted octanol–water partition coefficient (Wildman–Crippen LogP) is 5.67. The van der Waals surface area contributed by atoms with Crippen LogP contribution in [0.4, 0.5) is 0 Å². The van der Waals surface area contributed by atoms with Crippen molar-refractivity contribution in [3.8, 4) is 22.8 Å². The minimum absolute atomic E-state index is 0.631. The summed E-state index contributed by atoms with van der Waals surface area (Å²) in [6.45, 7) is 2.60. The van der Waals surface area contributed by atoms with E-state index in [1.807, 2.05) is 72.3 Å². The molecule has 5 nitrogen and oxygen atoms in total. The summed E-state index contributed by atoms with van der Waals surface area (Å²) in [4.78, 5) is 4.18. The van der Waals surface area contributed by atoms with Crippen molar-refractivity contribution in [1.29, 1.82) is 0 Å². The maximum Gasteiger partial charge on any atom is 0.196 e. The molecule has 0 unspecified atom stereocenters. The normalized spacial score (nSPS) is 10.8. The number of ether oxygens (including phenoxy) is 1. The van der Waals surface area contributed by atoms with Crippen molar-refractivity contribution in [3.63, 3.8) is 0 Å². The Morgan fingerprint density at radius 2 is 1.90 bits per heavy atom. The standard InChI is InChI=1S/C22H19ClN4OS/c1-2-28-20-10-8-19(9-11-20)27-21(17-6-3-7-18(23)13-17)25-26-22(27)29-15-16-5-4-12-24-14-16/h3-14H,2,15H2,1H3. The zero-order valence-electron chi connectivity index (χ0n) is 15.8. The Morgan fingerprint density at radius 1 is 1.03 bits per heavy atom. The van der Waals surface area contributed by atoms with Crippen molar-refractivity contribution in [2.75, 3.05) is 6.61 Å². The number of benzene rings is 2. The van der Waals surface area contributed by atoms with Crippen molar-refractivity contribution >= 4 is 23.4 Å². The number of thioether (sulfide) groups is 1. The van der Waals surface area contributed by atoms with Gasteiger partial charge in [0.2, 0.25) is 0 Å². The van der Waals surface area contributed by atoms with Crippen molar-refractivity contribution in [2.24, 2.45) is 0 Å². The summed E-state index contributed by atoms with van der Waals surface area (Å²) in [5, 5.41) is 10.4. The Morgan fingerprint density at radius 3 is 2.62 bits per heavy atom. The molecule has 2 aromatic heterocycles. The minimum atomic E-state index is 0.631. The summed E-state index contributed by atoms with van der Waals surface area (Å²) in [5.41, 5.74) is 3.00. The molecular weight excluding hydrogens is 404 g/mol. The Balaban J connectivity index is 1.73. The average molecular weight is 423 g/mol. The Hall–Kier alpha value is -2.83. The van der Waals surface area contributed by atoms with Gasteiger partial charge in [0.1, 0.15) is 5.75 Å². The van der Waals surface area contributed by atoms with Crippen LogP contribution < -0.4 is 4.74 Å². The number of pyridine rings is 1. The number of halogens is 1. The van der Waals surface area contributed by atoms with Crippen LogP contribution >= 0.6 is 23.4 Å². The third-order valence-electron chi connectivity index (χ3n) is 4.21. The number of aromatic nitrogens is 4. The maximum absolute atomic E-state index is 6.21. The highest BCUT2D eigenvalue weighted by molar-refractivity contribution is 7.98. The zero-order chi connectivity index (χ0) is 20.1. The molecular formula is C22H19ClN4OS. The largest absolute Gasteiger partial charge is 0.494 e. The molecule has 4 aromatic rings. The van der Waals surface area contributed by atoms with Crippen molar-refractivity contribution < 1.29 is 4.74 Å². The molecule has 2 heterocycles. The fraction of sp³-hybridized carbons (Fsp3) is 0.136. The molecule has 0 saturated heterocycles. The van der Waals surface area contributed by atoms with E-state index >= 15 is 0 Å². The van der Waals surface area contributed by atoms with Gasteiger partial charge in [-0.3, -0.25) is 9.55 Å².